The molecule has 3 amide bonds. The lowest BCUT2D eigenvalue weighted by molar-refractivity contribution is -0.143. The second kappa shape index (κ2) is 14.8. The van der Waals surface area contributed by atoms with Crippen LogP contribution in [0.1, 0.15) is 59.8 Å². The zero-order chi connectivity index (χ0) is 26.6. The summed E-state index contributed by atoms with van der Waals surface area (Å²) in [7, 11) is 0. The molecule has 8 N–H and O–H groups in total. The summed E-state index contributed by atoms with van der Waals surface area (Å²) < 4.78 is 0. The minimum Gasteiger partial charge on any atom is -0.481 e. The number of rotatable bonds is 16. The fourth-order valence-electron chi connectivity index (χ4n) is 2.97. The summed E-state index contributed by atoms with van der Waals surface area (Å²) in [5.74, 6) is -6.54. The molecular formula is C21H36N4O9. The predicted molar refractivity (Wildman–Crippen MR) is 119 cm³/mol. The van der Waals surface area contributed by atoms with E-state index < -0.39 is 72.1 Å². The first-order valence-corrected chi connectivity index (χ1v) is 11.0. The molecular weight excluding hydrogens is 452 g/mol. The van der Waals surface area contributed by atoms with Crippen LogP contribution in [0.4, 0.5) is 0 Å². The van der Waals surface area contributed by atoms with Gasteiger partial charge in [-0.3, -0.25) is 24.0 Å². The second-order valence-corrected chi connectivity index (χ2v) is 8.79. The molecule has 0 saturated carbocycles. The molecule has 13 heteroatoms. The molecule has 0 rings (SSSR count). The van der Waals surface area contributed by atoms with Crippen molar-refractivity contribution in [3.8, 4) is 0 Å². The molecule has 0 fully saturated rings. The largest absolute Gasteiger partial charge is 0.481 e. The topological polar surface area (TPSA) is 225 Å². The Morgan fingerprint density at radius 2 is 1.18 bits per heavy atom. The van der Waals surface area contributed by atoms with Crippen LogP contribution in [0.3, 0.4) is 0 Å². The minimum atomic E-state index is -1.36. The number of hydrogen-bond acceptors (Lipinski definition) is 7. The molecule has 13 nitrogen and oxygen atoms in total. The minimum absolute atomic E-state index is 0.0742. The van der Waals surface area contributed by atoms with E-state index in [0.717, 1.165) is 0 Å². The van der Waals surface area contributed by atoms with Gasteiger partial charge >= 0.3 is 17.9 Å². The number of carbonyl (C=O) groups excluding carboxylic acids is 3. The van der Waals surface area contributed by atoms with E-state index in [-0.39, 0.29) is 31.6 Å². The number of hydrogen-bond donors (Lipinski definition) is 7. The van der Waals surface area contributed by atoms with Crippen LogP contribution < -0.4 is 21.7 Å². The average Bonchev–Trinajstić information content (AvgIpc) is 2.70. The van der Waals surface area contributed by atoms with Crippen LogP contribution in [0, 0.1) is 11.8 Å². The van der Waals surface area contributed by atoms with Gasteiger partial charge in [0.05, 0.1) is 6.04 Å². The Morgan fingerprint density at radius 3 is 1.62 bits per heavy atom. The van der Waals surface area contributed by atoms with Crippen LogP contribution in [0.15, 0.2) is 0 Å². The van der Waals surface area contributed by atoms with Crippen molar-refractivity contribution >= 4 is 35.6 Å². The SMILES string of the molecule is CC(C)CC(NC(=O)C(CCC(=O)O)NC(=O)C(N)CCC(=O)O)C(=O)NC(C(=O)O)C(C)C. The zero-order valence-electron chi connectivity index (χ0n) is 19.9. The van der Waals surface area contributed by atoms with Gasteiger partial charge in [0.1, 0.15) is 18.1 Å². The molecule has 0 heterocycles. The quantitative estimate of drug-likeness (QED) is 0.144. The van der Waals surface area contributed by atoms with Gasteiger partial charge in [0.15, 0.2) is 0 Å². The van der Waals surface area contributed by atoms with Crippen molar-refractivity contribution < 1.29 is 44.1 Å². The molecule has 0 aromatic heterocycles. The van der Waals surface area contributed by atoms with Gasteiger partial charge < -0.3 is 37.0 Å². The first-order chi connectivity index (χ1) is 15.6. The number of nitrogens with one attached hydrogen (secondary N) is 3. The molecule has 0 aliphatic heterocycles. The molecule has 0 bridgehead atoms. The van der Waals surface area contributed by atoms with Crippen molar-refractivity contribution in [2.75, 3.05) is 0 Å². The fraction of sp³-hybridized carbons (Fsp3) is 0.714. The van der Waals surface area contributed by atoms with Gasteiger partial charge in [0.25, 0.3) is 0 Å². The van der Waals surface area contributed by atoms with Crippen molar-refractivity contribution in [2.24, 2.45) is 17.6 Å². The van der Waals surface area contributed by atoms with Gasteiger partial charge in [-0.25, -0.2) is 4.79 Å². The number of nitrogens with two attached hydrogens (primary N) is 1. The fourth-order valence-corrected chi connectivity index (χ4v) is 2.97. The molecule has 0 aromatic carbocycles. The van der Waals surface area contributed by atoms with E-state index in [9.17, 15) is 33.9 Å². The molecule has 194 valence electrons. The Hall–Kier alpha value is -3.22. The highest BCUT2D eigenvalue weighted by Gasteiger charge is 2.31. The molecule has 0 saturated heterocycles. The second-order valence-electron chi connectivity index (χ2n) is 8.79. The lowest BCUT2D eigenvalue weighted by Gasteiger charge is -2.26. The third-order valence-electron chi connectivity index (χ3n) is 4.86. The van der Waals surface area contributed by atoms with Crippen molar-refractivity contribution in [1.29, 1.82) is 0 Å². The van der Waals surface area contributed by atoms with Crippen LogP contribution in [0.5, 0.6) is 0 Å². The number of carboxylic acids is 3. The van der Waals surface area contributed by atoms with E-state index in [1.165, 1.54) is 0 Å². The number of amides is 3. The Kier molecular flexibility index (Phi) is 13.4. The van der Waals surface area contributed by atoms with Gasteiger partial charge in [-0.2, -0.15) is 0 Å². The highest BCUT2D eigenvalue weighted by molar-refractivity contribution is 5.94. The molecule has 0 aliphatic rings. The van der Waals surface area contributed by atoms with Gasteiger partial charge in [-0.1, -0.05) is 27.7 Å². The predicted octanol–water partition coefficient (Wildman–Crippen LogP) is -0.716. The summed E-state index contributed by atoms with van der Waals surface area (Å²) in [4.78, 5) is 71.0. The monoisotopic (exact) mass is 488 g/mol. The van der Waals surface area contributed by atoms with E-state index in [2.05, 4.69) is 16.0 Å². The maximum atomic E-state index is 12.9. The smallest absolute Gasteiger partial charge is 0.326 e. The molecule has 4 atom stereocenters. The summed E-state index contributed by atoms with van der Waals surface area (Å²) >= 11 is 0. The molecule has 4 unspecified atom stereocenters. The van der Waals surface area contributed by atoms with E-state index in [4.69, 9.17) is 15.9 Å². The van der Waals surface area contributed by atoms with E-state index in [0.29, 0.717) is 0 Å². The molecule has 0 aromatic rings. The number of carboxylic acid groups (broad SMARTS) is 3. The first kappa shape index (κ1) is 30.8. The van der Waals surface area contributed by atoms with Crippen LogP contribution in [0.25, 0.3) is 0 Å². The third kappa shape index (κ3) is 12.1. The standard InChI is InChI=1S/C21H36N4O9/c1-10(2)9-14(20(32)25-17(11(3)4)21(33)34)24-19(31)13(6-8-16(28)29)23-18(30)12(22)5-7-15(26)27/h10-14,17H,5-9,22H2,1-4H3,(H,23,30)(H,24,31)(H,25,32)(H,26,27)(H,28,29)(H,33,34). The lowest BCUT2D eigenvalue weighted by Crippen LogP contribution is -2.57. The van der Waals surface area contributed by atoms with Gasteiger partial charge in [0, 0.05) is 12.8 Å². The van der Waals surface area contributed by atoms with Crippen molar-refractivity contribution in [3.05, 3.63) is 0 Å². The van der Waals surface area contributed by atoms with Crippen LogP contribution in [-0.4, -0.2) is 75.1 Å². The van der Waals surface area contributed by atoms with Crippen molar-refractivity contribution in [3.63, 3.8) is 0 Å². The van der Waals surface area contributed by atoms with Gasteiger partial charge in [-0.15, -0.1) is 0 Å². The summed E-state index contributed by atoms with van der Waals surface area (Å²) in [6, 6.07) is -4.93. The molecule has 0 spiro atoms. The van der Waals surface area contributed by atoms with Crippen LogP contribution in [-0.2, 0) is 28.8 Å². The number of aliphatic carboxylic acids is 3. The summed E-state index contributed by atoms with van der Waals surface area (Å²) in [6.07, 6.45) is -1.20. The lowest BCUT2D eigenvalue weighted by atomic mass is 9.99. The zero-order valence-corrected chi connectivity index (χ0v) is 19.9. The van der Waals surface area contributed by atoms with Crippen LogP contribution in [0.2, 0.25) is 0 Å². The molecule has 0 radical (unpaired) electrons. The van der Waals surface area contributed by atoms with E-state index in [1.807, 2.05) is 0 Å². The first-order valence-electron chi connectivity index (χ1n) is 11.0. The Morgan fingerprint density at radius 1 is 0.706 bits per heavy atom. The maximum absolute atomic E-state index is 12.9. The Labute approximate surface area is 197 Å². The maximum Gasteiger partial charge on any atom is 0.326 e. The van der Waals surface area contributed by atoms with Crippen LogP contribution >= 0.6 is 0 Å². The van der Waals surface area contributed by atoms with Gasteiger partial charge in [-0.05, 0) is 31.1 Å². The van der Waals surface area contributed by atoms with Gasteiger partial charge in [0.2, 0.25) is 17.7 Å². The van der Waals surface area contributed by atoms with Crippen molar-refractivity contribution in [2.45, 2.75) is 84.0 Å². The normalized spacial score (nSPS) is 14.6. The summed E-state index contributed by atoms with van der Waals surface area (Å²) in [5.41, 5.74) is 5.65. The molecule has 0 aliphatic carbocycles. The average molecular weight is 489 g/mol. The molecule has 34 heavy (non-hydrogen) atoms. The Bertz CT molecular complexity index is 755. The highest BCUT2D eigenvalue weighted by Crippen LogP contribution is 2.09. The summed E-state index contributed by atoms with van der Waals surface area (Å²) in [6.45, 7) is 6.80. The summed E-state index contributed by atoms with van der Waals surface area (Å²) in [5, 5.41) is 34.2. The number of carbonyl (C=O) groups is 6. The van der Waals surface area contributed by atoms with Crippen molar-refractivity contribution in [1.82, 2.24) is 16.0 Å². The Balaban J connectivity index is 5.54. The van der Waals surface area contributed by atoms with E-state index in [1.54, 1.807) is 27.7 Å². The third-order valence-corrected chi connectivity index (χ3v) is 4.86. The highest BCUT2D eigenvalue weighted by atomic mass is 16.4. The van der Waals surface area contributed by atoms with E-state index >= 15 is 0 Å².